The Morgan fingerprint density at radius 2 is 1.69 bits per heavy atom. The Hall–Kier alpha value is -4.05. The summed E-state index contributed by atoms with van der Waals surface area (Å²) in [6.45, 7) is 4.17. The van der Waals surface area contributed by atoms with Crippen molar-refractivity contribution < 1.29 is 4.39 Å². The standard InChI is InChI=1S/C29H32FN9/c30-24-18-21(9-10-25(24)38-15-11-22(12-16-38)37-13-3-4-14-37)32-29-33-28(31)39(36-29)26-17-20-8-7-19-5-1-2-6-23(19)27(20)35-34-26/h1-2,5-6,9-10,17-18,22H,3-4,7-8,11-16H2,(H3,31,32,33,36). The van der Waals surface area contributed by atoms with Crippen molar-refractivity contribution in [2.45, 2.75) is 44.6 Å². The van der Waals surface area contributed by atoms with E-state index in [0.29, 0.717) is 23.2 Å². The van der Waals surface area contributed by atoms with Gasteiger partial charge in [-0.15, -0.1) is 15.3 Å². The highest BCUT2D eigenvalue weighted by Crippen LogP contribution is 2.33. The number of aromatic nitrogens is 5. The van der Waals surface area contributed by atoms with E-state index < -0.39 is 0 Å². The van der Waals surface area contributed by atoms with E-state index in [1.54, 1.807) is 0 Å². The summed E-state index contributed by atoms with van der Waals surface area (Å²) in [4.78, 5) is 9.09. The van der Waals surface area contributed by atoms with Crippen LogP contribution in [-0.4, -0.2) is 62.1 Å². The van der Waals surface area contributed by atoms with Gasteiger partial charge in [-0.3, -0.25) is 0 Å². The molecule has 1 aliphatic carbocycles. The number of nitrogens with one attached hydrogen (secondary N) is 1. The highest BCUT2D eigenvalue weighted by molar-refractivity contribution is 5.69. The van der Waals surface area contributed by atoms with Crippen LogP contribution in [0.4, 0.5) is 27.7 Å². The molecule has 0 radical (unpaired) electrons. The zero-order valence-electron chi connectivity index (χ0n) is 21.9. The van der Waals surface area contributed by atoms with Gasteiger partial charge >= 0.3 is 0 Å². The van der Waals surface area contributed by atoms with Crippen molar-refractivity contribution >= 4 is 23.3 Å². The monoisotopic (exact) mass is 525 g/mol. The largest absolute Gasteiger partial charge is 0.369 e. The molecule has 9 nitrogen and oxygen atoms in total. The number of rotatable bonds is 5. The highest BCUT2D eigenvalue weighted by atomic mass is 19.1. The van der Waals surface area contributed by atoms with Crippen molar-refractivity contribution in [3.05, 3.63) is 65.5 Å². The molecule has 10 heteroatoms. The van der Waals surface area contributed by atoms with Crippen molar-refractivity contribution in [1.82, 2.24) is 29.9 Å². The van der Waals surface area contributed by atoms with Crippen LogP contribution in [-0.2, 0) is 12.8 Å². The molecule has 200 valence electrons. The summed E-state index contributed by atoms with van der Waals surface area (Å²) in [7, 11) is 0. The number of halogens is 1. The van der Waals surface area contributed by atoms with E-state index in [9.17, 15) is 0 Å². The zero-order chi connectivity index (χ0) is 26.3. The molecule has 2 aromatic heterocycles. The first-order valence-corrected chi connectivity index (χ1v) is 13.9. The second-order valence-electron chi connectivity index (χ2n) is 10.7. The Bertz CT molecular complexity index is 1500. The number of nitrogens with zero attached hydrogens (tertiary/aromatic N) is 7. The summed E-state index contributed by atoms with van der Waals surface area (Å²) in [5.74, 6) is 0.703. The van der Waals surface area contributed by atoms with Crippen LogP contribution in [0.1, 0.15) is 36.8 Å². The van der Waals surface area contributed by atoms with E-state index in [4.69, 9.17) is 5.73 Å². The molecule has 2 aromatic carbocycles. The van der Waals surface area contributed by atoms with Gasteiger partial charge in [-0.1, -0.05) is 24.3 Å². The van der Waals surface area contributed by atoms with E-state index in [1.807, 2.05) is 30.3 Å². The maximum absolute atomic E-state index is 15.2. The van der Waals surface area contributed by atoms with Crippen LogP contribution in [0, 0.1) is 5.82 Å². The fourth-order valence-corrected chi connectivity index (χ4v) is 6.27. The molecular weight excluding hydrogens is 493 g/mol. The summed E-state index contributed by atoms with van der Waals surface area (Å²) < 4.78 is 16.6. The van der Waals surface area contributed by atoms with E-state index in [0.717, 1.165) is 55.6 Å². The minimum Gasteiger partial charge on any atom is -0.369 e. The third-order valence-electron chi connectivity index (χ3n) is 8.31. The SMILES string of the molecule is Nc1nc(Nc2ccc(N3CCC(N4CCCC4)CC3)c(F)c2)nn1-c1cc2c(nn1)-c1ccccc1CC2. The third kappa shape index (κ3) is 4.58. The first kappa shape index (κ1) is 24.0. The summed E-state index contributed by atoms with van der Waals surface area (Å²) in [5.41, 5.74) is 11.8. The van der Waals surface area contributed by atoms with Crippen molar-refractivity contribution in [3.8, 4) is 17.1 Å². The van der Waals surface area contributed by atoms with Gasteiger partial charge in [-0.2, -0.15) is 9.67 Å². The number of benzene rings is 2. The molecule has 4 aromatic rings. The fraction of sp³-hybridized carbons (Fsp3) is 0.379. The average molecular weight is 526 g/mol. The third-order valence-corrected chi connectivity index (χ3v) is 8.31. The van der Waals surface area contributed by atoms with Crippen molar-refractivity contribution in [2.24, 2.45) is 0 Å². The summed E-state index contributed by atoms with van der Waals surface area (Å²) >= 11 is 0. The zero-order valence-corrected chi connectivity index (χ0v) is 21.9. The van der Waals surface area contributed by atoms with E-state index in [-0.39, 0.29) is 17.7 Å². The Balaban J connectivity index is 1.05. The van der Waals surface area contributed by atoms with Gasteiger partial charge in [0.15, 0.2) is 5.82 Å². The smallest absolute Gasteiger partial charge is 0.248 e. The van der Waals surface area contributed by atoms with Crippen LogP contribution >= 0.6 is 0 Å². The van der Waals surface area contributed by atoms with Crippen LogP contribution < -0.4 is 16.0 Å². The van der Waals surface area contributed by atoms with Gasteiger partial charge < -0.3 is 20.9 Å². The van der Waals surface area contributed by atoms with Crippen LogP contribution in [0.15, 0.2) is 48.5 Å². The van der Waals surface area contributed by atoms with Crippen molar-refractivity contribution in [1.29, 1.82) is 0 Å². The number of fused-ring (bicyclic) bond motifs is 3. The second kappa shape index (κ2) is 9.92. The quantitative estimate of drug-likeness (QED) is 0.397. The van der Waals surface area contributed by atoms with Gasteiger partial charge in [0.2, 0.25) is 11.9 Å². The number of hydrogen-bond donors (Lipinski definition) is 2. The molecule has 0 atom stereocenters. The maximum atomic E-state index is 15.2. The molecular formula is C29H32FN9. The lowest BCUT2D eigenvalue weighted by Gasteiger charge is -2.37. The Labute approximate surface area is 226 Å². The van der Waals surface area contributed by atoms with Crippen LogP contribution in [0.2, 0.25) is 0 Å². The molecule has 4 heterocycles. The Kier molecular flexibility index (Phi) is 6.11. The minimum atomic E-state index is -0.257. The number of hydrogen-bond acceptors (Lipinski definition) is 8. The van der Waals surface area contributed by atoms with Gasteiger partial charge in [-0.05, 0) is 87.0 Å². The summed E-state index contributed by atoms with van der Waals surface area (Å²) in [6.07, 6.45) is 6.59. The van der Waals surface area contributed by atoms with Crippen molar-refractivity contribution in [3.63, 3.8) is 0 Å². The molecule has 0 spiro atoms. The molecule has 0 saturated carbocycles. The number of aryl methyl sites for hydroxylation is 2. The molecule has 7 rings (SSSR count). The normalized spacial score (nSPS) is 17.7. The molecule has 0 unspecified atom stereocenters. The number of likely N-dealkylation sites (tertiary alicyclic amines) is 1. The van der Waals surface area contributed by atoms with Gasteiger partial charge in [-0.25, -0.2) is 4.39 Å². The van der Waals surface area contributed by atoms with Gasteiger partial charge in [0.05, 0.1) is 11.4 Å². The second-order valence-corrected chi connectivity index (χ2v) is 10.7. The molecule has 2 saturated heterocycles. The number of nitrogen functional groups attached to an aromatic ring is 1. The maximum Gasteiger partial charge on any atom is 0.248 e. The summed E-state index contributed by atoms with van der Waals surface area (Å²) in [5, 5.41) is 16.5. The van der Waals surface area contributed by atoms with Crippen LogP contribution in [0.3, 0.4) is 0 Å². The first-order chi connectivity index (χ1) is 19.1. The van der Waals surface area contributed by atoms with E-state index in [2.05, 4.69) is 47.5 Å². The molecule has 0 amide bonds. The van der Waals surface area contributed by atoms with Crippen LogP contribution in [0.5, 0.6) is 0 Å². The highest BCUT2D eigenvalue weighted by Gasteiger charge is 2.27. The van der Waals surface area contributed by atoms with Gasteiger partial charge in [0, 0.05) is 30.4 Å². The Morgan fingerprint density at radius 1 is 0.897 bits per heavy atom. The first-order valence-electron chi connectivity index (χ1n) is 13.9. The predicted octanol–water partition coefficient (Wildman–Crippen LogP) is 4.35. The number of anilines is 4. The molecule has 3 aliphatic rings. The predicted molar refractivity (Wildman–Crippen MR) is 150 cm³/mol. The van der Waals surface area contributed by atoms with E-state index >= 15 is 4.39 Å². The topological polar surface area (TPSA) is 101 Å². The Morgan fingerprint density at radius 3 is 2.51 bits per heavy atom. The lowest BCUT2D eigenvalue weighted by molar-refractivity contribution is 0.207. The van der Waals surface area contributed by atoms with Crippen LogP contribution in [0.25, 0.3) is 17.1 Å². The number of piperidine rings is 1. The van der Waals surface area contributed by atoms with Crippen molar-refractivity contribution in [2.75, 3.05) is 42.1 Å². The fourth-order valence-electron chi connectivity index (χ4n) is 6.27. The van der Waals surface area contributed by atoms with Gasteiger partial charge in [0.25, 0.3) is 0 Å². The molecule has 39 heavy (non-hydrogen) atoms. The number of nitrogens with two attached hydrogens (primary N) is 1. The molecule has 3 N–H and O–H groups in total. The molecule has 2 fully saturated rings. The molecule has 0 bridgehead atoms. The average Bonchev–Trinajstić information content (AvgIpc) is 3.63. The lowest BCUT2D eigenvalue weighted by atomic mass is 9.89. The van der Waals surface area contributed by atoms with Gasteiger partial charge in [0.1, 0.15) is 5.82 Å². The minimum absolute atomic E-state index is 0.181. The molecule has 2 aliphatic heterocycles. The lowest BCUT2D eigenvalue weighted by Crippen LogP contribution is -2.44. The van der Waals surface area contributed by atoms with E-state index in [1.165, 1.54) is 42.2 Å². The summed E-state index contributed by atoms with van der Waals surface area (Å²) in [6, 6.07) is 16.1.